The van der Waals surface area contributed by atoms with Gasteiger partial charge in [-0.3, -0.25) is 71.0 Å². The first-order valence-electron chi connectivity index (χ1n) is 30.2. The maximum absolute atomic E-state index is 14.9. The minimum Gasteiger partial charge on any atom is -0.463 e. The van der Waals surface area contributed by atoms with E-state index in [0.717, 1.165) is 104 Å². The number of aliphatic hydroxyl groups excluding tert-OH is 4. The van der Waals surface area contributed by atoms with E-state index >= 15 is 0 Å². The number of carbonyl (C=O) groups excluding carboxylic acids is 6. The summed E-state index contributed by atoms with van der Waals surface area (Å²) >= 11 is 2.76. The van der Waals surface area contributed by atoms with Gasteiger partial charge in [0.1, 0.15) is 43.7 Å². The normalized spacial score (nSPS) is 21.0. The molecule has 0 spiro atoms. The summed E-state index contributed by atoms with van der Waals surface area (Å²) < 4.78 is 135. The topological polar surface area (TPSA) is 444 Å². The molecule has 12 atom stereocenters. The van der Waals surface area contributed by atoms with Crippen molar-refractivity contribution in [3.05, 3.63) is 207 Å². The van der Waals surface area contributed by atoms with Gasteiger partial charge in [-0.25, -0.2) is 23.2 Å². The fourth-order valence-corrected chi connectivity index (χ4v) is 10.3. The smallest absolute Gasteiger partial charge is 0.333 e. The minimum absolute atomic E-state index is 0. The van der Waals surface area contributed by atoms with Gasteiger partial charge in [0, 0.05) is 233 Å². The zero-order chi connectivity index (χ0) is 76.1. The van der Waals surface area contributed by atoms with E-state index in [9.17, 15) is 94.1 Å². The third-order valence-electron chi connectivity index (χ3n) is 14.5. The van der Waals surface area contributed by atoms with E-state index in [1.165, 1.54) is 55.5 Å². The quantitative estimate of drug-likeness (QED) is 0.0276. The molecule has 6 aromatic rings. The first kappa shape index (κ1) is 102. The summed E-state index contributed by atoms with van der Waals surface area (Å²) in [6.07, 6.45) is -12.4. The molecule has 0 saturated carbocycles. The largest absolute Gasteiger partial charge is 0.463 e. The predicted octanol–water partition coefficient (Wildman–Crippen LogP) is 2.33. The fraction of sp³-hybridized carbons (Fsp3) is 0.438. The van der Waals surface area contributed by atoms with Crippen LogP contribution in [0.4, 0.5) is 26.3 Å². The van der Waals surface area contributed by atoms with Crippen LogP contribution in [0.25, 0.3) is 0 Å². The number of hydrogen-bond donors (Lipinski definition) is 6. The van der Waals surface area contributed by atoms with Crippen molar-refractivity contribution in [1.29, 1.82) is 0 Å². The average molecular weight is 1890 g/mol. The molecular formula is C64H74BrF6N7O25Y4. The number of esters is 6. The Morgan fingerprint density at radius 2 is 0.776 bits per heavy atom. The number of aliphatic hydroxyl groups is 4. The Kier molecular flexibility index (Phi) is 44.8. The molecule has 576 valence electrons. The summed E-state index contributed by atoms with van der Waals surface area (Å²) in [4.78, 5) is 144. The van der Waals surface area contributed by atoms with E-state index in [-0.39, 0.29) is 160 Å². The zero-order valence-corrected chi connectivity index (χ0v) is 71.0. The number of benzene rings is 3. The van der Waals surface area contributed by atoms with Gasteiger partial charge in [0.05, 0.1) is 25.0 Å². The molecule has 0 aliphatic carbocycles. The Labute approximate surface area is 712 Å². The van der Waals surface area contributed by atoms with Crippen molar-refractivity contribution in [1.82, 2.24) is 34.0 Å². The Morgan fingerprint density at radius 1 is 0.458 bits per heavy atom. The molecule has 3 aromatic heterocycles. The second kappa shape index (κ2) is 47.1. The Hall–Kier alpha value is -5.32. The molecule has 32 nitrogen and oxygen atoms in total. The maximum Gasteiger partial charge on any atom is 0.333 e. The van der Waals surface area contributed by atoms with Gasteiger partial charge in [-0.2, -0.15) is 17.6 Å². The number of aromatic amines is 1. The van der Waals surface area contributed by atoms with Gasteiger partial charge in [-0.05, 0) is 0 Å². The number of hydrogen-bond acceptors (Lipinski definition) is 26. The molecule has 43 heteroatoms. The molecule has 9 unspecified atom stereocenters. The van der Waals surface area contributed by atoms with Gasteiger partial charge < -0.3 is 69.2 Å². The van der Waals surface area contributed by atoms with Crippen molar-refractivity contribution in [2.24, 2.45) is 0 Å². The predicted molar refractivity (Wildman–Crippen MR) is 346 cm³/mol. The molecule has 3 saturated heterocycles. The van der Waals surface area contributed by atoms with Crippen LogP contribution in [0, 0.1) is 0 Å². The van der Waals surface area contributed by atoms with Gasteiger partial charge in [0.2, 0.25) is 0 Å². The van der Waals surface area contributed by atoms with Crippen molar-refractivity contribution < 1.29 is 249 Å². The van der Waals surface area contributed by atoms with Crippen molar-refractivity contribution >= 4 is 51.7 Å². The van der Waals surface area contributed by atoms with Crippen LogP contribution in [0.3, 0.4) is 0 Å². The SMILES string of the molecule is CC(=O)OCC1OC(n2ccc(=O)[nH]c2=O)C(OC(C)=O)[C@H]1OC(C)=O.CC(=O)OCC1OC(n2ccc(=O)n(CC(F)(F)c3ccccc3)c2=O)C(OC(C)=O)[C@H]1OC(C)=O.CO.FC(F)(CBr)c1ccccc1.N.O=c1ccn(C2OC(CO)[C@H](O)C2O)c(=O)n1CC(F)(F)c1ccccc1.[Y].[Y].[Y].[Y]. The molecule has 8 N–H and O–H groups in total. The number of aromatic nitrogens is 6. The molecule has 0 bridgehead atoms. The molecule has 4 radical (unpaired) electrons. The van der Waals surface area contributed by atoms with E-state index in [4.69, 9.17) is 52.8 Å². The van der Waals surface area contributed by atoms with Gasteiger partial charge in [-0.15, -0.1) is 0 Å². The van der Waals surface area contributed by atoms with Gasteiger partial charge in [-0.1, -0.05) is 107 Å². The zero-order valence-electron chi connectivity index (χ0n) is 58.1. The maximum atomic E-state index is 14.9. The Bertz CT molecular complexity index is 4230. The molecule has 107 heavy (non-hydrogen) atoms. The summed E-state index contributed by atoms with van der Waals surface area (Å²) in [6.45, 7) is 2.92. The molecule has 3 aliphatic heterocycles. The van der Waals surface area contributed by atoms with E-state index in [2.05, 4.69) is 15.9 Å². The van der Waals surface area contributed by atoms with E-state index in [1.807, 2.05) is 4.98 Å². The Morgan fingerprint density at radius 3 is 1.09 bits per heavy atom. The van der Waals surface area contributed by atoms with E-state index in [1.54, 1.807) is 30.3 Å². The van der Waals surface area contributed by atoms with Crippen molar-refractivity contribution in [3.63, 3.8) is 0 Å². The van der Waals surface area contributed by atoms with Crippen LogP contribution in [0.1, 0.15) is 76.9 Å². The first-order chi connectivity index (χ1) is 48.0. The fourth-order valence-electron chi connectivity index (χ4n) is 10.0. The third kappa shape index (κ3) is 28.7. The second-order valence-corrected chi connectivity index (χ2v) is 22.5. The number of alkyl halides is 7. The molecule has 3 aromatic carbocycles. The van der Waals surface area contributed by atoms with Crippen molar-refractivity contribution in [2.45, 2.75) is 146 Å². The number of H-pyrrole nitrogens is 1. The summed E-state index contributed by atoms with van der Waals surface area (Å²) in [7, 11) is 1.00. The Balaban J connectivity index is 0.00000144. The number of ether oxygens (including phenoxy) is 9. The van der Waals surface area contributed by atoms with Crippen LogP contribution in [0.15, 0.2) is 157 Å². The monoisotopic (exact) mass is 1890 g/mol. The van der Waals surface area contributed by atoms with Crippen molar-refractivity contribution in [3.8, 4) is 0 Å². The molecule has 9 rings (SSSR count). The van der Waals surface area contributed by atoms with Crippen LogP contribution in [-0.2, 0) is 233 Å². The van der Waals surface area contributed by atoms with Crippen LogP contribution >= 0.6 is 15.9 Å². The summed E-state index contributed by atoms with van der Waals surface area (Å²) in [5.41, 5.74) is -6.41. The second-order valence-electron chi connectivity index (χ2n) is 22.0. The first-order valence-corrected chi connectivity index (χ1v) is 31.3. The van der Waals surface area contributed by atoms with Gasteiger partial charge >= 0.3 is 52.9 Å². The van der Waals surface area contributed by atoms with Gasteiger partial charge in [0.15, 0.2) is 43.1 Å². The molecule has 6 heterocycles. The molecule has 3 aliphatic rings. The van der Waals surface area contributed by atoms with E-state index < -0.39 is 193 Å². The number of nitrogens with zero attached hydrogens (tertiary/aromatic N) is 5. The summed E-state index contributed by atoms with van der Waals surface area (Å²) in [5.74, 6) is -14.1. The summed E-state index contributed by atoms with van der Waals surface area (Å²) in [5, 5.41) is 35.6. The average Bonchev–Trinajstić information content (AvgIpc) is 1.70. The minimum atomic E-state index is -3.58. The number of halogens is 7. The van der Waals surface area contributed by atoms with Crippen LogP contribution in [0.2, 0.25) is 0 Å². The molecule has 0 amide bonds. The van der Waals surface area contributed by atoms with Crippen LogP contribution in [0.5, 0.6) is 0 Å². The van der Waals surface area contributed by atoms with Crippen LogP contribution < -0.4 is 39.9 Å². The molecular weight excluding hydrogens is 1820 g/mol. The molecule has 3 fully saturated rings. The third-order valence-corrected chi connectivity index (χ3v) is 15.2. The standard InChI is InChI=1S/C23H24F2N2O9.C17H18F2N2O6.C15H18N2O9.C8H7BrF2.CH4O.H3N.4Y/c1-13(28)33-11-17-19(34-14(2)29)20(35-15(3)30)21(36-17)26-10-9-18(31)27(22(26)32)12-23(24,25)16-7-5-4-6-8-16;18-17(19,10-4-2-1-3-5-10)9-21-12(23)6-7-20(16(21)26)15-14(25)13(24)11(8-22)27-15;1-7(18)23-6-10-12(24-8(2)19)13(25-9(3)20)14(26-10)17-5-4-11(21)16-15(17)22;9-6-8(10,11)7-4-2-1-3-5-7;1-2;;;;;/h4-10,17,19-21H,11-12H2,1-3H3;1-7,11,13-15,22,24-25H,8-9H2;4-5,10,12-14H,6H2,1-3H3,(H,16,21,22);1-5H,6H2;2H,1H3;1H3;;;;/t17?,19-,20?,21?;11?,13-,14?,15?;10?,12-,13?,14?;;;;;;;/m000......./s1. The number of carbonyl (C=O) groups is 6. The van der Waals surface area contributed by atoms with Crippen molar-refractivity contribution in [2.75, 3.05) is 32.3 Å². The number of rotatable bonds is 20. The van der Waals surface area contributed by atoms with Gasteiger partial charge in [0.25, 0.3) is 34.4 Å². The summed E-state index contributed by atoms with van der Waals surface area (Å²) in [6, 6.07) is 24.0. The number of nitrogens with one attached hydrogen (secondary N) is 1. The van der Waals surface area contributed by atoms with Crippen LogP contribution in [-0.4, -0.2) is 171 Å². The van der Waals surface area contributed by atoms with E-state index in [0.29, 0.717) is 9.13 Å².